The van der Waals surface area contributed by atoms with Crippen molar-refractivity contribution >= 4 is 23.5 Å². The number of nitriles is 1. The van der Waals surface area contributed by atoms with Gasteiger partial charge in [-0.3, -0.25) is 9.48 Å². The smallest absolute Gasteiger partial charge is 0.407 e. The summed E-state index contributed by atoms with van der Waals surface area (Å²) in [5.41, 5.74) is 5.75. The van der Waals surface area contributed by atoms with E-state index < -0.39 is 54.8 Å². The van der Waals surface area contributed by atoms with Crippen LogP contribution in [0.4, 0.5) is 29.5 Å². The molecular weight excluding hydrogens is 445 g/mol. The summed E-state index contributed by atoms with van der Waals surface area (Å²) in [5, 5.41) is 35.2. The number of hydrogen-bond donors (Lipinski definition) is 4. The van der Waals surface area contributed by atoms with E-state index in [0.29, 0.717) is 5.69 Å². The summed E-state index contributed by atoms with van der Waals surface area (Å²) in [6.07, 6.45) is -1.22. The summed E-state index contributed by atoms with van der Waals surface area (Å²) in [6.45, 7) is -1.67. The SMILES string of the molecule is N#C[C@H]1C(CC(F)(F)CO)N(C(=O)O)CC[C@H]1n1cc(C(N)=O)c(Nc2ccc(F)cc2)n1. The predicted octanol–water partition coefficient (Wildman–Crippen LogP) is 2.32. The average Bonchev–Trinajstić information content (AvgIpc) is 3.18. The molecule has 13 heteroatoms. The number of anilines is 2. The molecule has 1 aliphatic heterocycles. The zero-order valence-electron chi connectivity index (χ0n) is 17.2. The molecule has 3 rings (SSSR count). The third-order valence-electron chi connectivity index (χ3n) is 5.47. The number of hydrogen-bond acceptors (Lipinski definition) is 6. The number of carbonyl (C=O) groups excluding carboxylic acids is 1. The standard InChI is InChI=1S/C20H21F3N6O4/c21-11-1-3-12(4-2-11)26-18-14(17(25)31)9-29(27-18)15-5-6-28(19(32)33)16(13(15)8-24)7-20(22,23)10-30/h1-4,9,13,15-16,30H,5-7,10H2,(H2,25,31)(H,26,27)(H,32,33)/t13-,15-,16?/m1/s1. The Balaban J connectivity index is 1.97. The van der Waals surface area contributed by atoms with Crippen molar-refractivity contribution < 1.29 is 33.0 Å². The van der Waals surface area contributed by atoms with E-state index in [1.807, 2.05) is 6.07 Å². The van der Waals surface area contributed by atoms with Crippen LogP contribution in [0.5, 0.6) is 0 Å². The van der Waals surface area contributed by atoms with Crippen LogP contribution in [0.15, 0.2) is 30.5 Å². The number of aliphatic hydroxyl groups excluding tert-OH is 1. The van der Waals surface area contributed by atoms with Gasteiger partial charge in [0.1, 0.15) is 18.0 Å². The second kappa shape index (κ2) is 9.37. The van der Waals surface area contributed by atoms with Gasteiger partial charge in [-0.05, 0) is 30.7 Å². The molecule has 3 atom stereocenters. The molecule has 0 aliphatic carbocycles. The van der Waals surface area contributed by atoms with E-state index in [-0.39, 0.29) is 24.3 Å². The van der Waals surface area contributed by atoms with Crippen LogP contribution in [0, 0.1) is 23.1 Å². The lowest BCUT2D eigenvalue weighted by Crippen LogP contribution is -2.53. The van der Waals surface area contributed by atoms with Gasteiger partial charge >= 0.3 is 6.09 Å². The molecule has 0 spiro atoms. The van der Waals surface area contributed by atoms with Crippen molar-refractivity contribution in [1.82, 2.24) is 14.7 Å². The fourth-order valence-corrected chi connectivity index (χ4v) is 3.89. The fourth-order valence-electron chi connectivity index (χ4n) is 3.89. The lowest BCUT2D eigenvalue weighted by Gasteiger charge is -2.42. The van der Waals surface area contributed by atoms with Crippen LogP contribution in [0.2, 0.25) is 0 Å². The molecule has 10 nitrogen and oxygen atoms in total. The van der Waals surface area contributed by atoms with Crippen LogP contribution >= 0.6 is 0 Å². The molecule has 2 amide bonds. The van der Waals surface area contributed by atoms with Crippen LogP contribution in [0.3, 0.4) is 0 Å². The number of benzene rings is 1. The number of nitrogens with one attached hydrogen (secondary N) is 1. The van der Waals surface area contributed by atoms with Gasteiger partial charge in [0.25, 0.3) is 11.8 Å². The Morgan fingerprint density at radius 1 is 1.33 bits per heavy atom. The van der Waals surface area contributed by atoms with Gasteiger partial charge in [-0.2, -0.15) is 10.4 Å². The molecule has 2 heterocycles. The van der Waals surface area contributed by atoms with Gasteiger partial charge in [0.05, 0.1) is 24.1 Å². The summed E-state index contributed by atoms with van der Waals surface area (Å²) in [7, 11) is 0. The van der Waals surface area contributed by atoms with E-state index in [4.69, 9.17) is 10.8 Å². The summed E-state index contributed by atoms with van der Waals surface area (Å²) < 4.78 is 42.3. The Kier molecular flexibility index (Phi) is 6.78. The van der Waals surface area contributed by atoms with Gasteiger partial charge < -0.3 is 26.2 Å². The summed E-state index contributed by atoms with van der Waals surface area (Å²) in [5.74, 6) is -6.19. The molecular formula is C20H21F3N6O4. The number of nitrogens with two attached hydrogens (primary N) is 1. The van der Waals surface area contributed by atoms with E-state index in [9.17, 15) is 33.1 Å². The maximum Gasteiger partial charge on any atom is 0.407 e. The number of nitrogens with zero attached hydrogens (tertiary/aromatic N) is 4. The highest BCUT2D eigenvalue weighted by Crippen LogP contribution is 2.38. The van der Waals surface area contributed by atoms with Crippen molar-refractivity contribution in [3.63, 3.8) is 0 Å². The Morgan fingerprint density at radius 2 is 2.00 bits per heavy atom. The molecule has 176 valence electrons. The van der Waals surface area contributed by atoms with Crippen LogP contribution in [0.25, 0.3) is 0 Å². The number of likely N-dealkylation sites (tertiary alicyclic amines) is 1. The van der Waals surface area contributed by atoms with Gasteiger partial charge in [-0.25, -0.2) is 18.0 Å². The first-order chi connectivity index (χ1) is 15.6. The Hall–Kier alpha value is -3.79. The number of piperidine rings is 1. The minimum absolute atomic E-state index is 0.00343. The lowest BCUT2D eigenvalue weighted by atomic mass is 9.83. The van der Waals surface area contributed by atoms with Crippen LogP contribution in [-0.4, -0.2) is 62.0 Å². The van der Waals surface area contributed by atoms with Crippen molar-refractivity contribution in [2.24, 2.45) is 11.7 Å². The normalized spacial score (nSPS) is 20.8. The van der Waals surface area contributed by atoms with Gasteiger partial charge in [0, 0.05) is 24.8 Å². The third-order valence-corrected chi connectivity index (χ3v) is 5.47. The van der Waals surface area contributed by atoms with Gasteiger partial charge in [-0.1, -0.05) is 0 Å². The molecule has 1 saturated heterocycles. The van der Waals surface area contributed by atoms with Crippen molar-refractivity contribution in [1.29, 1.82) is 5.26 Å². The number of halogens is 3. The first-order valence-electron chi connectivity index (χ1n) is 9.85. The number of carboxylic acid groups (broad SMARTS) is 1. The zero-order chi connectivity index (χ0) is 24.3. The van der Waals surface area contributed by atoms with Crippen LogP contribution < -0.4 is 11.1 Å². The molecule has 2 aromatic rings. The minimum Gasteiger partial charge on any atom is -0.465 e. The molecule has 1 aromatic heterocycles. The average molecular weight is 466 g/mol. The number of carbonyl (C=O) groups is 2. The first kappa shape index (κ1) is 23.9. The van der Waals surface area contributed by atoms with Crippen LogP contribution in [0.1, 0.15) is 29.2 Å². The van der Waals surface area contributed by atoms with Crippen molar-refractivity contribution in [3.05, 3.63) is 41.8 Å². The highest BCUT2D eigenvalue weighted by atomic mass is 19.3. The summed E-state index contributed by atoms with van der Waals surface area (Å²) >= 11 is 0. The molecule has 1 fully saturated rings. The second-order valence-corrected chi connectivity index (χ2v) is 7.64. The van der Waals surface area contributed by atoms with E-state index in [1.54, 1.807) is 0 Å². The Labute approximate surface area is 186 Å². The Bertz CT molecular complexity index is 1070. The van der Waals surface area contributed by atoms with Crippen molar-refractivity contribution in [2.75, 3.05) is 18.5 Å². The zero-order valence-corrected chi connectivity index (χ0v) is 17.2. The van der Waals surface area contributed by atoms with Crippen molar-refractivity contribution in [3.8, 4) is 6.07 Å². The topological polar surface area (TPSA) is 158 Å². The van der Waals surface area contributed by atoms with Crippen LogP contribution in [-0.2, 0) is 0 Å². The largest absolute Gasteiger partial charge is 0.465 e. The number of alkyl halides is 2. The van der Waals surface area contributed by atoms with Gasteiger partial charge in [-0.15, -0.1) is 0 Å². The molecule has 5 N–H and O–H groups in total. The maximum absolute atomic E-state index is 14.0. The highest BCUT2D eigenvalue weighted by molar-refractivity contribution is 5.98. The number of aliphatic hydroxyl groups is 1. The predicted molar refractivity (Wildman–Crippen MR) is 108 cm³/mol. The summed E-state index contributed by atoms with van der Waals surface area (Å²) in [6, 6.07) is 4.77. The molecule has 0 radical (unpaired) electrons. The minimum atomic E-state index is -3.60. The maximum atomic E-state index is 14.0. The number of rotatable bonds is 7. The second-order valence-electron chi connectivity index (χ2n) is 7.64. The monoisotopic (exact) mass is 466 g/mol. The Morgan fingerprint density at radius 3 is 2.55 bits per heavy atom. The molecule has 0 saturated carbocycles. The molecule has 1 unspecified atom stereocenters. The third kappa shape index (κ3) is 5.17. The summed E-state index contributed by atoms with van der Waals surface area (Å²) in [4.78, 5) is 24.3. The van der Waals surface area contributed by atoms with E-state index in [1.165, 1.54) is 35.1 Å². The van der Waals surface area contributed by atoms with E-state index in [0.717, 1.165) is 4.90 Å². The van der Waals surface area contributed by atoms with Crippen molar-refractivity contribution in [2.45, 2.75) is 30.8 Å². The highest BCUT2D eigenvalue weighted by Gasteiger charge is 2.46. The lowest BCUT2D eigenvalue weighted by molar-refractivity contribution is -0.0828. The van der Waals surface area contributed by atoms with E-state index in [2.05, 4.69) is 10.4 Å². The molecule has 1 aromatic carbocycles. The number of primary amides is 1. The number of aromatic nitrogens is 2. The van der Waals surface area contributed by atoms with Gasteiger partial charge in [0.2, 0.25) is 0 Å². The fraction of sp³-hybridized carbons (Fsp3) is 0.400. The first-order valence-corrected chi connectivity index (χ1v) is 9.85. The van der Waals surface area contributed by atoms with Gasteiger partial charge in [0.15, 0.2) is 5.82 Å². The molecule has 0 bridgehead atoms. The molecule has 1 aliphatic rings. The van der Waals surface area contributed by atoms with E-state index >= 15 is 0 Å². The number of amides is 2. The molecule has 33 heavy (non-hydrogen) atoms. The quantitative estimate of drug-likeness (QED) is 0.487.